The van der Waals surface area contributed by atoms with E-state index in [0.717, 1.165) is 24.9 Å². The van der Waals surface area contributed by atoms with Gasteiger partial charge in [-0.3, -0.25) is 15.0 Å². The quantitative estimate of drug-likeness (QED) is 0.640. The Hall–Kier alpha value is -2.47. The largest absolute Gasteiger partial charge is 0.295 e. The van der Waals surface area contributed by atoms with Crippen LogP contribution >= 0.6 is 0 Å². The number of hydrogen-bond acceptors (Lipinski definition) is 5. The van der Waals surface area contributed by atoms with Gasteiger partial charge in [0.15, 0.2) is 11.5 Å². The third-order valence-corrected chi connectivity index (χ3v) is 3.36. The first-order valence-corrected chi connectivity index (χ1v) is 6.87. The van der Waals surface area contributed by atoms with Gasteiger partial charge in [-0.05, 0) is 18.9 Å². The SMILES string of the molecule is O=[N+]([O-])c1ccc(N2CCCCO2)nc1-c1ccccc1. The van der Waals surface area contributed by atoms with Crippen molar-refractivity contribution in [3.8, 4) is 11.3 Å². The van der Waals surface area contributed by atoms with Crippen molar-refractivity contribution in [3.63, 3.8) is 0 Å². The van der Waals surface area contributed by atoms with Crippen LogP contribution in [0.4, 0.5) is 11.5 Å². The summed E-state index contributed by atoms with van der Waals surface area (Å²) >= 11 is 0. The lowest BCUT2D eigenvalue weighted by Crippen LogP contribution is -2.30. The fourth-order valence-electron chi connectivity index (χ4n) is 2.31. The highest BCUT2D eigenvalue weighted by atomic mass is 16.7. The second-order valence-electron chi connectivity index (χ2n) is 4.80. The van der Waals surface area contributed by atoms with Crippen molar-refractivity contribution in [2.45, 2.75) is 12.8 Å². The number of benzene rings is 1. The zero-order valence-electron chi connectivity index (χ0n) is 11.4. The van der Waals surface area contributed by atoms with Crippen LogP contribution in [0.25, 0.3) is 11.3 Å². The molecule has 21 heavy (non-hydrogen) atoms. The molecule has 2 heterocycles. The summed E-state index contributed by atoms with van der Waals surface area (Å²) in [5.74, 6) is 0.610. The van der Waals surface area contributed by atoms with Crippen LogP contribution in [0, 0.1) is 10.1 Å². The first-order chi connectivity index (χ1) is 10.3. The zero-order valence-corrected chi connectivity index (χ0v) is 11.4. The Labute approximate surface area is 122 Å². The van der Waals surface area contributed by atoms with Gasteiger partial charge >= 0.3 is 0 Å². The van der Waals surface area contributed by atoms with Gasteiger partial charge in [0.05, 0.1) is 11.5 Å². The van der Waals surface area contributed by atoms with E-state index in [2.05, 4.69) is 4.98 Å². The highest BCUT2D eigenvalue weighted by molar-refractivity contribution is 5.71. The van der Waals surface area contributed by atoms with Gasteiger partial charge in [0, 0.05) is 18.2 Å². The van der Waals surface area contributed by atoms with Gasteiger partial charge in [0.1, 0.15) is 0 Å². The standard InChI is InChI=1S/C15H15N3O3/c19-18(20)13-8-9-14(17-10-4-5-11-21-17)16-15(13)12-6-2-1-3-7-12/h1-3,6-9H,4-5,10-11H2. The third kappa shape index (κ3) is 2.85. The van der Waals surface area contributed by atoms with Crippen LogP contribution in [-0.4, -0.2) is 23.1 Å². The lowest BCUT2D eigenvalue weighted by atomic mass is 10.1. The molecule has 1 aliphatic rings. The number of rotatable bonds is 3. The van der Waals surface area contributed by atoms with Crippen LogP contribution in [0.3, 0.4) is 0 Å². The highest BCUT2D eigenvalue weighted by Gasteiger charge is 2.21. The Morgan fingerprint density at radius 3 is 2.62 bits per heavy atom. The summed E-state index contributed by atoms with van der Waals surface area (Å²) < 4.78 is 0. The molecule has 2 aromatic rings. The van der Waals surface area contributed by atoms with Gasteiger partial charge < -0.3 is 0 Å². The van der Waals surface area contributed by atoms with E-state index in [1.54, 1.807) is 11.1 Å². The van der Waals surface area contributed by atoms with E-state index >= 15 is 0 Å². The average molecular weight is 285 g/mol. The van der Waals surface area contributed by atoms with Crippen molar-refractivity contribution in [1.29, 1.82) is 0 Å². The molecule has 0 amide bonds. The fraction of sp³-hybridized carbons (Fsp3) is 0.267. The van der Waals surface area contributed by atoms with E-state index in [0.29, 0.717) is 18.1 Å². The molecule has 1 saturated heterocycles. The van der Waals surface area contributed by atoms with Crippen LogP contribution in [0.5, 0.6) is 0 Å². The molecule has 1 aromatic carbocycles. The lowest BCUT2D eigenvalue weighted by molar-refractivity contribution is -0.384. The van der Waals surface area contributed by atoms with Gasteiger partial charge in [-0.25, -0.2) is 10.0 Å². The first-order valence-electron chi connectivity index (χ1n) is 6.87. The number of nitrogens with zero attached hydrogens (tertiary/aromatic N) is 3. The molecular weight excluding hydrogens is 270 g/mol. The smallest absolute Gasteiger partial charge is 0.272 e. The summed E-state index contributed by atoms with van der Waals surface area (Å²) in [5.41, 5.74) is 1.09. The van der Waals surface area contributed by atoms with Crippen LogP contribution in [0.15, 0.2) is 42.5 Å². The van der Waals surface area contributed by atoms with Gasteiger partial charge in [-0.2, -0.15) is 0 Å². The molecule has 0 radical (unpaired) electrons. The van der Waals surface area contributed by atoms with E-state index in [1.165, 1.54) is 6.07 Å². The van der Waals surface area contributed by atoms with E-state index in [-0.39, 0.29) is 5.69 Å². The van der Waals surface area contributed by atoms with E-state index < -0.39 is 4.92 Å². The molecule has 6 heteroatoms. The van der Waals surface area contributed by atoms with Gasteiger partial charge in [-0.1, -0.05) is 30.3 Å². The first kappa shape index (κ1) is 13.5. The normalized spacial score (nSPS) is 15.0. The van der Waals surface area contributed by atoms with Gasteiger partial charge in [0.25, 0.3) is 5.69 Å². The van der Waals surface area contributed by atoms with E-state index in [1.807, 2.05) is 30.3 Å². The second kappa shape index (κ2) is 5.88. The van der Waals surface area contributed by atoms with Crippen LogP contribution in [-0.2, 0) is 4.84 Å². The number of hydroxylamine groups is 1. The maximum absolute atomic E-state index is 11.2. The molecule has 0 bridgehead atoms. The van der Waals surface area contributed by atoms with Crippen molar-refractivity contribution in [1.82, 2.24) is 4.98 Å². The number of anilines is 1. The Balaban J connectivity index is 2.04. The number of aromatic nitrogens is 1. The molecule has 1 aliphatic heterocycles. The van der Waals surface area contributed by atoms with Gasteiger partial charge in [0.2, 0.25) is 0 Å². The topological polar surface area (TPSA) is 68.5 Å². The predicted octanol–water partition coefficient (Wildman–Crippen LogP) is 3.19. The van der Waals surface area contributed by atoms with Crippen LogP contribution < -0.4 is 5.06 Å². The molecule has 6 nitrogen and oxygen atoms in total. The summed E-state index contributed by atoms with van der Waals surface area (Å²) in [6.45, 7) is 1.40. The number of pyridine rings is 1. The predicted molar refractivity (Wildman–Crippen MR) is 78.9 cm³/mol. The van der Waals surface area contributed by atoms with Crippen LogP contribution in [0.2, 0.25) is 0 Å². The Morgan fingerprint density at radius 2 is 1.95 bits per heavy atom. The second-order valence-corrected chi connectivity index (χ2v) is 4.80. The Bertz CT molecular complexity index is 640. The minimum absolute atomic E-state index is 0.00181. The molecule has 1 fully saturated rings. The minimum Gasteiger partial charge on any atom is -0.272 e. The van der Waals surface area contributed by atoms with Crippen molar-refractivity contribution < 1.29 is 9.76 Å². The van der Waals surface area contributed by atoms with E-state index in [9.17, 15) is 10.1 Å². The summed E-state index contributed by atoms with van der Waals surface area (Å²) in [6.07, 6.45) is 2.05. The summed E-state index contributed by atoms with van der Waals surface area (Å²) in [5, 5.41) is 12.9. The molecule has 0 saturated carbocycles. The summed E-state index contributed by atoms with van der Waals surface area (Å²) in [6, 6.07) is 12.3. The van der Waals surface area contributed by atoms with Crippen molar-refractivity contribution >= 4 is 11.5 Å². The molecule has 1 aromatic heterocycles. The monoisotopic (exact) mass is 285 g/mol. The highest BCUT2D eigenvalue weighted by Crippen LogP contribution is 2.30. The van der Waals surface area contributed by atoms with Crippen LogP contribution in [0.1, 0.15) is 12.8 Å². The Kier molecular flexibility index (Phi) is 3.79. The molecule has 0 aliphatic carbocycles. The molecule has 0 atom stereocenters. The van der Waals surface area contributed by atoms with E-state index in [4.69, 9.17) is 4.84 Å². The zero-order chi connectivity index (χ0) is 14.7. The molecular formula is C15H15N3O3. The molecule has 0 unspecified atom stereocenters. The summed E-state index contributed by atoms with van der Waals surface area (Å²) in [4.78, 5) is 20.8. The van der Waals surface area contributed by atoms with Crippen molar-refractivity contribution in [2.75, 3.05) is 18.2 Å². The molecule has 0 spiro atoms. The Morgan fingerprint density at radius 1 is 1.14 bits per heavy atom. The third-order valence-electron chi connectivity index (χ3n) is 3.36. The maximum atomic E-state index is 11.2. The molecule has 108 valence electrons. The minimum atomic E-state index is -0.407. The fourth-order valence-corrected chi connectivity index (χ4v) is 2.31. The summed E-state index contributed by atoms with van der Waals surface area (Å²) in [7, 11) is 0. The van der Waals surface area contributed by atoms with Crippen molar-refractivity contribution in [3.05, 3.63) is 52.6 Å². The number of hydrogen-bond donors (Lipinski definition) is 0. The lowest BCUT2D eigenvalue weighted by Gasteiger charge is -2.26. The molecule has 0 N–H and O–H groups in total. The maximum Gasteiger partial charge on any atom is 0.295 e. The number of nitro groups is 1. The van der Waals surface area contributed by atoms with Crippen molar-refractivity contribution in [2.24, 2.45) is 0 Å². The molecule has 3 rings (SSSR count). The average Bonchev–Trinajstić information content (AvgIpc) is 2.56. The van der Waals surface area contributed by atoms with Gasteiger partial charge in [-0.15, -0.1) is 0 Å².